The summed E-state index contributed by atoms with van der Waals surface area (Å²) in [4.78, 5) is 15.1. The van der Waals surface area contributed by atoms with E-state index in [-0.39, 0.29) is 12.1 Å². The number of hydrogen-bond donors (Lipinski definition) is 0. The maximum Gasteiger partial charge on any atom is 0.331 e. The molecule has 0 heterocycles. The maximum absolute atomic E-state index is 10.5. The van der Waals surface area contributed by atoms with Crippen molar-refractivity contribution in [2.75, 3.05) is 7.11 Å². The van der Waals surface area contributed by atoms with Gasteiger partial charge >= 0.3 is 5.97 Å². The number of oxime groups is 1. The summed E-state index contributed by atoms with van der Waals surface area (Å²) >= 11 is 0. The Balaban J connectivity index is 2.52. The number of ether oxygens (including phenoxy) is 1. The minimum atomic E-state index is -0.382. The Labute approximate surface area is 77.9 Å². The van der Waals surface area contributed by atoms with Crippen molar-refractivity contribution in [3.63, 3.8) is 0 Å². The second-order valence-corrected chi connectivity index (χ2v) is 3.14. The van der Waals surface area contributed by atoms with Gasteiger partial charge in [0.2, 0.25) is 0 Å². The van der Waals surface area contributed by atoms with Crippen LogP contribution in [0.3, 0.4) is 0 Å². The Morgan fingerprint density at radius 3 is 2.92 bits per heavy atom. The van der Waals surface area contributed by atoms with Crippen molar-refractivity contribution in [2.45, 2.75) is 38.7 Å². The highest BCUT2D eigenvalue weighted by molar-refractivity contribution is 5.89. The summed E-state index contributed by atoms with van der Waals surface area (Å²) in [6, 6.07) is 0. The van der Waals surface area contributed by atoms with E-state index < -0.39 is 0 Å². The summed E-state index contributed by atoms with van der Waals surface area (Å²) < 4.78 is 5.21. The minimum Gasteiger partial charge on any atom is -0.375 e. The summed E-state index contributed by atoms with van der Waals surface area (Å²) in [5.74, 6) is -0.382. The lowest BCUT2D eigenvalue weighted by Gasteiger charge is -2.21. The van der Waals surface area contributed by atoms with Crippen LogP contribution < -0.4 is 0 Å². The van der Waals surface area contributed by atoms with Gasteiger partial charge in [-0.05, 0) is 19.3 Å². The lowest BCUT2D eigenvalue weighted by molar-refractivity contribution is -0.141. The molecule has 1 atom stereocenters. The Morgan fingerprint density at radius 1 is 1.54 bits per heavy atom. The van der Waals surface area contributed by atoms with Gasteiger partial charge in [0, 0.05) is 14.0 Å². The van der Waals surface area contributed by atoms with Gasteiger partial charge in [0.25, 0.3) is 0 Å². The highest BCUT2D eigenvalue weighted by atomic mass is 16.7. The number of methoxy groups -OCH3 is 1. The molecular weight excluding hydrogens is 170 g/mol. The number of nitrogens with zero attached hydrogens (tertiary/aromatic N) is 1. The Hall–Kier alpha value is -0.900. The van der Waals surface area contributed by atoms with Crippen molar-refractivity contribution < 1.29 is 14.4 Å². The molecule has 0 spiro atoms. The van der Waals surface area contributed by atoms with Crippen molar-refractivity contribution in [1.29, 1.82) is 0 Å². The van der Waals surface area contributed by atoms with Crippen LogP contribution in [0.2, 0.25) is 0 Å². The molecule has 0 N–H and O–H groups in total. The van der Waals surface area contributed by atoms with E-state index >= 15 is 0 Å². The van der Waals surface area contributed by atoms with Crippen molar-refractivity contribution in [1.82, 2.24) is 0 Å². The van der Waals surface area contributed by atoms with Crippen molar-refractivity contribution >= 4 is 11.7 Å². The van der Waals surface area contributed by atoms with Gasteiger partial charge in [-0.15, -0.1) is 0 Å². The van der Waals surface area contributed by atoms with Gasteiger partial charge < -0.3 is 9.57 Å². The van der Waals surface area contributed by atoms with E-state index in [1.165, 1.54) is 6.92 Å². The van der Waals surface area contributed by atoms with E-state index in [9.17, 15) is 4.79 Å². The van der Waals surface area contributed by atoms with Gasteiger partial charge in [0.1, 0.15) is 0 Å². The van der Waals surface area contributed by atoms with Crippen molar-refractivity contribution in [3.8, 4) is 0 Å². The lowest BCUT2D eigenvalue weighted by atomic mass is 9.96. The molecule has 1 unspecified atom stereocenters. The van der Waals surface area contributed by atoms with E-state index in [1.54, 1.807) is 7.11 Å². The molecule has 1 fully saturated rings. The molecule has 0 saturated heterocycles. The van der Waals surface area contributed by atoms with Crippen molar-refractivity contribution in [3.05, 3.63) is 0 Å². The zero-order valence-electron chi connectivity index (χ0n) is 8.08. The second kappa shape index (κ2) is 4.97. The smallest absolute Gasteiger partial charge is 0.331 e. The highest BCUT2D eigenvalue weighted by Gasteiger charge is 2.20. The van der Waals surface area contributed by atoms with E-state index in [0.717, 1.165) is 31.4 Å². The molecule has 1 saturated carbocycles. The van der Waals surface area contributed by atoms with Gasteiger partial charge in [-0.25, -0.2) is 4.79 Å². The first kappa shape index (κ1) is 10.2. The number of rotatable bonds is 2. The summed E-state index contributed by atoms with van der Waals surface area (Å²) in [5.41, 5.74) is 0.851. The van der Waals surface area contributed by atoms with Gasteiger partial charge in [-0.1, -0.05) is 11.6 Å². The minimum absolute atomic E-state index is 0.0353. The van der Waals surface area contributed by atoms with Gasteiger partial charge in [0.15, 0.2) is 0 Å². The average molecular weight is 185 g/mol. The third-order valence-electron chi connectivity index (χ3n) is 2.10. The third-order valence-corrected chi connectivity index (χ3v) is 2.10. The van der Waals surface area contributed by atoms with Crippen LogP contribution >= 0.6 is 0 Å². The van der Waals surface area contributed by atoms with Crippen molar-refractivity contribution in [2.24, 2.45) is 5.16 Å². The first-order valence-electron chi connectivity index (χ1n) is 4.51. The molecule has 0 bridgehead atoms. The summed E-state index contributed by atoms with van der Waals surface area (Å²) in [6.07, 6.45) is 4.12. The van der Waals surface area contributed by atoms with Crippen LogP contribution in [0.1, 0.15) is 32.6 Å². The quantitative estimate of drug-likeness (QED) is 0.483. The van der Waals surface area contributed by atoms with Gasteiger partial charge in [0.05, 0.1) is 11.8 Å². The second-order valence-electron chi connectivity index (χ2n) is 3.14. The molecule has 0 aromatic carbocycles. The predicted octanol–water partition coefficient (Wildman–Crippen LogP) is 1.49. The maximum atomic E-state index is 10.5. The van der Waals surface area contributed by atoms with Crippen LogP contribution in [0.15, 0.2) is 5.16 Å². The predicted molar refractivity (Wildman–Crippen MR) is 48.5 cm³/mol. The number of hydrogen-bond acceptors (Lipinski definition) is 4. The summed E-state index contributed by atoms with van der Waals surface area (Å²) in [7, 11) is 1.65. The molecule has 0 aliphatic heterocycles. The van der Waals surface area contributed by atoms with E-state index in [1.807, 2.05) is 0 Å². The normalized spacial score (nSPS) is 26.0. The first-order chi connectivity index (χ1) is 6.24. The SMILES string of the molecule is COC1CCCC/C1=N\OC(C)=O. The van der Waals surface area contributed by atoms with E-state index in [4.69, 9.17) is 4.74 Å². The van der Waals surface area contributed by atoms with Crippen LogP contribution in [0.4, 0.5) is 0 Å². The van der Waals surface area contributed by atoms with Crippen LogP contribution in [0.5, 0.6) is 0 Å². The van der Waals surface area contributed by atoms with Gasteiger partial charge in [-0.3, -0.25) is 0 Å². The molecule has 1 rings (SSSR count). The molecule has 1 aliphatic rings. The van der Waals surface area contributed by atoms with Crippen LogP contribution in [0.25, 0.3) is 0 Å². The molecule has 13 heavy (non-hydrogen) atoms. The zero-order chi connectivity index (χ0) is 9.68. The first-order valence-corrected chi connectivity index (χ1v) is 4.51. The molecule has 0 radical (unpaired) electrons. The monoisotopic (exact) mass is 185 g/mol. The molecule has 74 valence electrons. The third kappa shape index (κ3) is 3.14. The van der Waals surface area contributed by atoms with Crippen LogP contribution in [-0.2, 0) is 14.4 Å². The fourth-order valence-electron chi connectivity index (χ4n) is 1.44. The molecule has 0 aromatic rings. The average Bonchev–Trinajstić information content (AvgIpc) is 2.15. The molecule has 0 amide bonds. The van der Waals surface area contributed by atoms with Crippen LogP contribution in [-0.4, -0.2) is 24.9 Å². The fraction of sp³-hybridized carbons (Fsp3) is 0.778. The molecule has 4 nitrogen and oxygen atoms in total. The van der Waals surface area contributed by atoms with E-state index in [0.29, 0.717) is 0 Å². The highest BCUT2D eigenvalue weighted by Crippen LogP contribution is 2.18. The fourth-order valence-corrected chi connectivity index (χ4v) is 1.44. The summed E-state index contributed by atoms with van der Waals surface area (Å²) in [6.45, 7) is 1.34. The molecule has 0 aromatic heterocycles. The zero-order valence-corrected chi connectivity index (χ0v) is 8.08. The van der Waals surface area contributed by atoms with Gasteiger partial charge in [-0.2, -0.15) is 0 Å². The Morgan fingerprint density at radius 2 is 2.31 bits per heavy atom. The lowest BCUT2D eigenvalue weighted by Crippen LogP contribution is -2.27. The van der Waals surface area contributed by atoms with E-state index in [2.05, 4.69) is 9.99 Å². The van der Waals surface area contributed by atoms with Crippen LogP contribution in [0, 0.1) is 0 Å². The molecule has 1 aliphatic carbocycles. The number of carbonyl (C=O) groups is 1. The topological polar surface area (TPSA) is 47.9 Å². The largest absolute Gasteiger partial charge is 0.375 e. The summed E-state index contributed by atoms with van der Waals surface area (Å²) in [5, 5.41) is 3.78. The molecule has 4 heteroatoms. The number of carbonyl (C=O) groups excluding carboxylic acids is 1. The standard InChI is InChI=1S/C9H15NO3/c1-7(11)13-10-8-5-3-4-6-9(8)12-2/h9H,3-6H2,1-2H3/b10-8+. The Kier molecular flexibility index (Phi) is 3.89. The Bertz CT molecular complexity index is 213. The molecular formula is C9H15NO3.